The third-order valence-corrected chi connectivity index (χ3v) is 12.5. The van der Waals surface area contributed by atoms with Crippen molar-refractivity contribution < 1.29 is 9.59 Å². The number of hydrogen-bond donors (Lipinski definition) is 3. The van der Waals surface area contributed by atoms with Gasteiger partial charge >= 0.3 is 0 Å². The summed E-state index contributed by atoms with van der Waals surface area (Å²) in [5.41, 5.74) is 7.59. The van der Waals surface area contributed by atoms with E-state index in [1.54, 1.807) is 36.4 Å². The fraction of sp³-hybridized carbons (Fsp3) is 0.280. The molecule has 0 spiro atoms. The number of rotatable bonds is 9. The minimum absolute atomic E-state index is 0.174. The van der Waals surface area contributed by atoms with Gasteiger partial charge in [0.1, 0.15) is 11.6 Å². The number of aryl methyl sites for hydroxylation is 2. The fourth-order valence-corrected chi connectivity index (χ4v) is 8.78. The number of nitrogens with zero attached hydrogens (tertiary/aromatic N) is 5. The van der Waals surface area contributed by atoms with Crippen molar-refractivity contribution in [3.8, 4) is 0 Å². The highest BCUT2D eigenvalue weighted by atomic mass is 35.5. The third kappa shape index (κ3) is 10.5. The quantitative estimate of drug-likeness (QED) is 0.124. The number of benzene rings is 4. The van der Waals surface area contributed by atoms with Crippen LogP contribution in [0.15, 0.2) is 109 Å². The number of hydrogen-bond acceptors (Lipinski definition) is 8. The molecule has 3 aliphatic heterocycles. The van der Waals surface area contributed by atoms with E-state index in [0.717, 1.165) is 101 Å². The molecule has 0 radical (unpaired) electrons. The first kappa shape index (κ1) is 42.9. The van der Waals surface area contributed by atoms with Gasteiger partial charge in [-0.3, -0.25) is 9.59 Å². The van der Waals surface area contributed by atoms with Crippen molar-refractivity contribution in [2.75, 3.05) is 60.7 Å². The SMILES string of the molecule is Cc1cc(N2CC3CC2CN3)nc2ccc(NC(=O)C=Cc3ccc(Cl)cc3)cc12.Cc1cc(N2CCC(N(C)C)CC2)nc2ccc(NC(=O)C=Cc3ccc(Cl)cc3)cc12. The van der Waals surface area contributed by atoms with Gasteiger partial charge in [-0.1, -0.05) is 47.5 Å². The lowest BCUT2D eigenvalue weighted by atomic mass is 10.0. The third-order valence-electron chi connectivity index (χ3n) is 12.0. The first-order chi connectivity index (χ1) is 29.9. The maximum Gasteiger partial charge on any atom is 0.248 e. The number of halogens is 2. The fourth-order valence-electron chi connectivity index (χ4n) is 8.53. The molecule has 318 valence electrons. The van der Waals surface area contributed by atoms with Gasteiger partial charge in [0.15, 0.2) is 0 Å². The number of piperazine rings is 1. The Hall–Kier alpha value is -5.78. The monoisotopic (exact) mass is 866 g/mol. The second kappa shape index (κ2) is 19.1. The van der Waals surface area contributed by atoms with Crippen molar-refractivity contribution in [1.82, 2.24) is 20.2 Å². The van der Waals surface area contributed by atoms with Gasteiger partial charge in [-0.25, -0.2) is 9.97 Å². The van der Waals surface area contributed by atoms with Crippen molar-refractivity contribution in [1.29, 1.82) is 0 Å². The molecule has 2 atom stereocenters. The molecule has 5 heterocycles. The van der Waals surface area contributed by atoms with Crippen molar-refractivity contribution in [3.63, 3.8) is 0 Å². The smallest absolute Gasteiger partial charge is 0.248 e. The zero-order chi connectivity index (χ0) is 43.3. The van der Waals surface area contributed by atoms with Crippen molar-refractivity contribution in [2.45, 2.75) is 51.2 Å². The van der Waals surface area contributed by atoms with E-state index in [-0.39, 0.29) is 11.8 Å². The summed E-state index contributed by atoms with van der Waals surface area (Å²) in [6.45, 7) is 8.32. The maximum atomic E-state index is 12.4. The minimum Gasteiger partial charge on any atom is -0.356 e. The van der Waals surface area contributed by atoms with Gasteiger partial charge in [0, 0.05) is 88.6 Å². The molecule has 6 aromatic rings. The lowest BCUT2D eigenvalue weighted by Gasteiger charge is -2.36. The summed E-state index contributed by atoms with van der Waals surface area (Å²) < 4.78 is 0. The summed E-state index contributed by atoms with van der Waals surface area (Å²) in [4.78, 5) is 41.6. The van der Waals surface area contributed by atoms with Gasteiger partial charge in [-0.2, -0.15) is 0 Å². The molecule has 62 heavy (non-hydrogen) atoms. The van der Waals surface area contributed by atoms with E-state index in [1.807, 2.05) is 60.7 Å². The number of aromatic nitrogens is 2. The first-order valence-electron chi connectivity index (χ1n) is 21.2. The Morgan fingerprint density at radius 3 is 1.68 bits per heavy atom. The van der Waals surface area contributed by atoms with Gasteiger partial charge in [-0.05, 0) is 154 Å². The molecule has 4 aromatic carbocycles. The summed E-state index contributed by atoms with van der Waals surface area (Å²) in [6.07, 6.45) is 10.1. The highest BCUT2D eigenvalue weighted by Gasteiger charge is 2.38. The van der Waals surface area contributed by atoms with Crippen LogP contribution in [0.4, 0.5) is 23.0 Å². The molecule has 2 unspecified atom stereocenters. The number of carbonyl (C=O) groups excluding carboxylic acids is 2. The highest BCUT2D eigenvalue weighted by Crippen LogP contribution is 2.32. The normalized spacial score (nSPS) is 17.7. The standard InChI is InChI=1S/C26H29ClN4O.C24H23ClN4O/c1-18-16-25(31-14-12-22(13-15-31)30(2)3)29-24-10-9-21(17-23(18)24)28-26(32)11-6-19-4-7-20(27)8-5-19;1-15-10-23(29-14-19-11-20(29)13-26-19)28-22-8-7-18(12-21(15)22)27-24(30)9-4-16-2-5-17(25)6-3-16/h4-11,16-17,22H,12-15H2,1-3H3,(H,28,32);2-10,12,19-20,26H,11,13-14H2,1H3,(H,27,30). The minimum atomic E-state index is -0.176. The number of fused-ring (bicyclic) bond motifs is 4. The molecule has 0 saturated carbocycles. The van der Waals surface area contributed by atoms with E-state index >= 15 is 0 Å². The van der Waals surface area contributed by atoms with Crippen molar-refractivity contribution >= 4 is 92.0 Å². The van der Waals surface area contributed by atoms with E-state index in [0.29, 0.717) is 28.2 Å². The van der Waals surface area contributed by atoms with Crippen LogP contribution in [-0.2, 0) is 9.59 Å². The summed E-state index contributed by atoms with van der Waals surface area (Å²) >= 11 is 11.8. The predicted octanol–water partition coefficient (Wildman–Crippen LogP) is 9.78. The zero-order valence-electron chi connectivity index (χ0n) is 35.5. The van der Waals surface area contributed by atoms with E-state index in [1.165, 1.54) is 24.1 Å². The van der Waals surface area contributed by atoms with Crippen LogP contribution in [0.25, 0.3) is 34.0 Å². The molecule has 3 fully saturated rings. The second-order valence-electron chi connectivity index (χ2n) is 16.6. The van der Waals surface area contributed by atoms with Crippen LogP contribution in [0, 0.1) is 13.8 Å². The summed E-state index contributed by atoms with van der Waals surface area (Å²) in [5, 5.41) is 12.9. The average molecular weight is 868 g/mol. The Labute approximate surface area is 373 Å². The predicted molar refractivity (Wildman–Crippen MR) is 258 cm³/mol. The molecule has 3 aliphatic rings. The molecule has 3 saturated heterocycles. The molecule has 2 aromatic heterocycles. The van der Waals surface area contributed by atoms with E-state index in [2.05, 4.69) is 70.7 Å². The lowest BCUT2D eigenvalue weighted by Crippen LogP contribution is -2.44. The second-order valence-corrected chi connectivity index (χ2v) is 17.5. The van der Waals surface area contributed by atoms with E-state index in [4.69, 9.17) is 33.2 Å². The number of amides is 2. The van der Waals surface area contributed by atoms with Gasteiger partial charge in [-0.15, -0.1) is 0 Å². The molecular formula is C50H52Cl2N8O2. The molecule has 2 amide bonds. The van der Waals surface area contributed by atoms with Crippen molar-refractivity contribution in [2.24, 2.45) is 0 Å². The van der Waals surface area contributed by atoms with Crippen LogP contribution in [0.1, 0.15) is 41.5 Å². The van der Waals surface area contributed by atoms with Crippen LogP contribution in [-0.4, -0.2) is 85.1 Å². The topological polar surface area (TPSA) is 106 Å². The van der Waals surface area contributed by atoms with Crippen LogP contribution < -0.4 is 25.8 Å². The molecule has 3 N–H and O–H groups in total. The van der Waals surface area contributed by atoms with Gasteiger partial charge in [0.2, 0.25) is 11.8 Å². The van der Waals surface area contributed by atoms with Crippen LogP contribution in [0.3, 0.4) is 0 Å². The molecule has 10 nitrogen and oxygen atoms in total. The molecule has 2 bridgehead atoms. The largest absolute Gasteiger partial charge is 0.356 e. The number of pyridine rings is 2. The molecular weight excluding hydrogens is 816 g/mol. The highest BCUT2D eigenvalue weighted by molar-refractivity contribution is 6.30. The van der Waals surface area contributed by atoms with Crippen molar-refractivity contribution in [3.05, 3.63) is 142 Å². The summed E-state index contributed by atoms with van der Waals surface area (Å²) in [7, 11) is 4.31. The number of anilines is 4. The molecule has 9 rings (SSSR count). The molecule has 0 aliphatic carbocycles. The number of carbonyl (C=O) groups is 2. The Balaban J connectivity index is 0.000000171. The summed E-state index contributed by atoms with van der Waals surface area (Å²) in [6, 6.07) is 32.6. The number of nitrogens with one attached hydrogen (secondary N) is 3. The Morgan fingerprint density at radius 2 is 1.21 bits per heavy atom. The van der Waals surface area contributed by atoms with Gasteiger partial charge in [0.25, 0.3) is 0 Å². The van der Waals surface area contributed by atoms with E-state index < -0.39 is 0 Å². The maximum absolute atomic E-state index is 12.4. The zero-order valence-corrected chi connectivity index (χ0v) is 37.0. The van der Waals surface area contributed by atoms with Crippen LogP contribution in [0.2, 0.25) is 10.0 Å². The summed E-state index contributed by atoms with van der Waals surface area (Å²) in [5.74, 6) is 1.74. The van der Waals surface area contributed by atoms with Gasteiger partial charge < -0.3 is 30.7 Å². The number of piperidine rings is 1. The van der Waals surface area contributed by atoms with Crippen LogP contribution in [0.5, 0.6) is 0 Å². The van der Waals surface area contributed by atoms with Gasteiger partial charge in [0.05, 0.1) is 11.0 Å². The van der Waals surface area contributed by atoms with Crippen LogP contribution >= 0.6 is 23.2 Å². The average Bonchev–Trinajstić information content (AvgIpc) is 3.91. The molecule has 12 heteroatoms. The lowest BCUT2D eigenvalue weighted by molar-refractivity contribution is -0.112. The Morgan fingerprint density at radius 1 is 0.710 bits per heavy atom. The Bertz CT molecular complexity index is 2640. The Kier molecular flexibility index (Phi) is 13.2. The first-order valence-corrected chi connectivity index (χ1v) is 21.9. The van der Waals surface area contributed by atoms with E-state index in [9.17, 15) is 9.59 Å².